The van der Waals surface area contributed by atoms with Crippen LogP contribution in [0.2, 0.25) is 0 Å². The first-order valence-electron chi connectivity index (χ1n) is 5.62. The summed E-state index contributed by atoms with van der Waals surface area (Å²) in [6, 6.07) is 1.25. The van der Waals surface area contributed by atoms with Crippen molar-refractivity contribution in [2.24, 2.45) is 16.8 Å². The van der Waals surface area contributed by atoms with E-state index in [1.807, 2.05) is 11.8 Å². The van der Waals surface area contributed by atoms with E-state index in [4.69, 9.17) is 4.99 Å². The molecule has 1 saturated carbocycles. The Morgan fingerprint density at radius 1 is 1.43 bits per heavy atom. The van der Waals surface area contributed by atoms with Gasteiger partial charge in [0, 0.05) is 11.8 Å². The van der Waals surface area contributed by atoms with Crippen molar-refractivity contribution in [1.82, 2.24) is 5.32 Å². The van der Waals surface area contributed by atoms with Gasteiger partial charge in [0.2, 0.25) is 0 Å². The van der Waals surface area contributed by atoms with E-state index in [1.165, 1.54) is 23.8 Å². The fourth-order valence-electron chi connectivity index (χ4n) is 2.00. The first-order chi connectivity index (χ1) is 6.65. The van der Waals surface area contributed by atoms with Crippen molar-refractivity contribution in [2.75, 3.05) is 5.75 Å². The second-order valence-electron chi connectivity index (χ2n) is 4.97. The number of thioether (sulfide) groups is 1. The van der Waals surface area contributed by atoms with Gasteiger partial charge in [-0.25, -0.2) is 0 Å². The number of aliphatic imine (C=N–C) groups is 1. The van der Waals surface area contributed by atoms with E-state index in [2.05, 4.69) is 26.1 Å². The van der Waals surface area contributed by atoms with E-state index in [9.17, 15) is 0 Å². The van der Waals surface area contributed by atoms with Crippen LogP contribution in [0, 0.1) is 11.8 Å². The van der Waals surface area contributed by atoms with E-state index in [-0.39, 0.29) is 0 Å². The average molecular weight is 212 g/mol. The van der Waals surface area contributed by atoms with Gasteiger partial charge in [0.05, 0.1) is 6.04 Å². The van der Waals surface area contributed by atoms with Crippen molar-refractivity contribution < 1.29 is 0 Å². The van der Waals surface area contributed by atoms with Gasteiger partial charge in [-0.3, -0.25) is 4.99 Å². The quantitative estimate of drug-likeness (QED) is 0.760. The summed E-state index contributed by atoms with van der Waals surface area (Å²) in [5.74, 6) is 2.77. The minimum Gasteiger partial charge on any atom is -0.362 e. The Morgan fingerprint density at radius 2 is 2.14 bits per heavy atom. The second kappa shape index (κ2) is 4.13. The lowest BCUT2D eigenvalue weighted by molar-refractivity contribution is 0.269. The molecule has 1 fully saturated rings. The Bertz CT molecular complexity index is 231. The van der Waals surface area contributed by atoms with Crippen molar-refractivity contribution in [3.05, 3.63) is 0 Å². The molecule has 1 N–H and O–H groups in total. The Kier molecular flexibility index (Phi) is 3.05. The topological polar surface area (TPSA) is 24.4 Å². The molecule has 1 aliphatic carbocycles. The van der Waals surface area contributed by atoms with Gasteiger partial charge in [0.1, 0.15) is 0 Å². The Labute approximate surface area is 90.9 Å². The standard InChI is InChI=1S/C11H20N2S/c1-7(2)10-6-14-11(13-10)12-9-4-8(3)5-9/h7-10H,4-6H2,1-3H3,(H,12,13). The summed E-state index contributed by atoms with van der Waals surface area (Å²) >= 11 is 1.90. The molecule has 0 bridgehead atoms. The molecular formula is C11H20N2S. The third-order valence-electron chi connectivity index (χ3n) is 3.14. The van der Waals surface area contributed by atoms with Crippen LogP contribution in [-0.4, -0.2) is 23.0 Å². The van der Waals surface area contributed by atoms with Crippen LogP contribution in [0.15, 0.2) is 4.99 Å². The smallest absolute Gasteiger partial charge is 0.157 e. The van der Waals surface area contributed by atoms with Gasteiger partial charge in [0.25, 0.3) is 0 Å². The summed E-state index contributed by atoms with van der Waals surface area (Å²) in [5, 5.41) is 4.74. The third-order valence-corrected chi connectivity index (χ3v) is 4.15. The number of rotatable bonds is 2. The maximum atomic E-state index is 4.70. The minimum atomic E-state index is 0.542. The van der Waals surface area contributed by atoms with E-state index < -0.39 is 0 Å². The lowest BCUT2D eigenvalue weighted by Gasteiger charge is -2.33. The van der Waals surface area contributed by atoms with Crippen LogP contribution in [0.3, 0.4) is 0 Å². The van der Waals surface area contributed by atoms with Crippen LogP contribution in [0.4, 0.5) is 0 Å². The molecule has 0 aromatic heterocycles. The number of hydrogen-bond acceptors (Lipinski definition) is 3. The lowest BCUT2D eigenvalue weighted by atomic mass is 9.82. The highest BCUT2D eigenvalue weighted by molar-refractivity contribution is 8.14. The van der Waals surface area contributed by atoms with Crippen LogP contribution in [0.1, 0.15) is 33.6 Å². The summed E-state index contributed by atoms with van der Waals surface area (Å²) in [6.45, 7) is 6.82. The van der Waals surface area contributed by atoms with E-state index in [0.29, 0.717) is 18.0 Å². The zero-order valence-electron chi connectivity index (χ0n) is 9.29. The summed E-state index contributed by atoms with van der Waals surface area (Å²) in [4.78, 5) is 4.70. The van der Waals surface area contributed by atoms with Gasteiger partial charge >= 0.3 is 0 Å². The molecule has 0 spiro atoms. The summed E-state index contributed by atoms with van der Waals surface area (Å²) in [5.41, 5.74) is 0. The van der Waals surface area contributed by atoms with E-state index in [0.717, 1.165) is 5.92 Å². The van der Waals surface area contributed by atoms with Crippen molar-refractivity contribution in [3.63, 3.8) is 0 Å². The summed E-state index contributed by atoms with van der Waals surface area (Å²) in [7, 11) is 0. The maximum absolute atomic E-state index is 4.70. The summed E-state index contributed by atoms with van der Waals surface area (Å²) < 4.78 is 0. The third kappa shape index (κ3) is 2.25. The zero-order chi connectivity index (χ0) is 10.1. The molecule has 2 aliphatic rings. The van der Waals surface area contributed by atoms with Crippen molar-refractivity contribution >= 4 is 16.9 Å². The molecule has 2 nitrogen and oxygen atoms in total. The molecule has 0 aromatic rings. The lowest BCUT2D eigenvalue weighted by Crippen LogP contribution is -2.42. The molecule has 1 atom stereocenters. The molecule has 14 heavy (non-hydrogen) atoms. The van der Waals surface area contributed by atoms with Crippen molar-refractivity contribution in [1.29, 1.82) is 0 Å². The highest BCUT2D eigenvalue weighted by Gasteiger charge is 2.28. The largest absolute Gasteiger partial charge is 0.362 e. The van der Waals surface area contributed by atoms with Crippen LogP contribution in [-0.2, 0) is 0 Å². The zero-order valence-corrected chi connectivity index (χ0v) is 10.1. The molecule has 0 amide bonds. The summed E-state index contributed by atoms with van der Waals surface area (Å²) in [6.07, 6.45) is 2.65. The molecule has 80 valence electrons. The number of nitrogens with zero attached hydrogens (tertiary/aromatic N) is 1. The van der Waals surface area contributed by atoms with Crippen molar-refractivity contribution in [2.45, 2.75) is 45.7 Å². The number of hydrogen-bond donors (Lipinski definition) is 1. The van der Waals surface area contributed by atoms with Crippen LogP contribution in [0.25, 0.3) is 0 Å². The Hall–Kier alpha value is -0.180. The van der Waals surface area contributed by atoms with Crippen LogP contribution in [0.5, 0.6) is 0 Å². The van der Waals surface area contributed by atoms with Gasteiger partial charge in [0.15, 0.2) is 5.17 Å². The van der Waals surface area contributed by atoms with Gasteiger partial charge in [-0.15, -0.1) is 0 Å². The molecule has 1 aliphatic heterocycles. The fraction of sp³-hybridized carbons (Fsp3) is 0.909. The molecule has 0 saturated heterocycles. The van der Waals surface area contributed by atoms with Gasteiger partial charge in [-0.05, 0) is 24.7 Å². The molecule has 0 radical (unpaired) electrons. The van der Waals surface area contributed by atoms with Gasteiger partial charge < -0.3 is 5.32 Å². The molecular weight excluding hydrogens is 192 g/mol. The van der Waals surface area contributed by atoms with E-state index >= 15 is 0 Å². The fourth-order valence-corrected chi connectivity index (χ4v) is 3.25. The predicted octanol–water partition coefficient (Wildman–Crippen LogP) is 2.50. The number of nitrogens with one attached hydrogen (secondary N) is 1. The van der Waals surface area contributed by atoms with E-state index in [1.54, 1.807) is 0 Å². The molecule has 0 aromatic carbocycles. The minimum absolute atomic E-state index is 0.542. The SMILES string of the molecule is CC1CC(NC2=NC(C(C)C)CS2)C1. The Morgan fingerprint density at radius 3 is 2.64 bits per heavy atom. The first kappa shape index (κ1) is 10.3. The molecule has 1 unspecified atom stereocenters. The van der Waals surface area contributed by atoms with Crippen molar-refractivity contribution in [3.8, 4) is 0 Å². The van der Waals surface area contributed by atoms with Gasteiger partial charge in [-0.1, -0.05) is 32.5 Å². The predicted molar refractivity (Wildman–Crippen MR) is 63.8 cm³/mol. The maximum Gasteiger partial charge on any atom is 0.157 e. The average Bonchev–Trinajstić information content (AvgIpc) is 2.50. The monoisotopic (exact) mass is 212 g/mol. The highest BCUT2D eigenvalue weighted by atomic mass is 32.2. The highest BCUT2D eigenvalue weighted by Crippen LogP contribution is 2.29. The van der Waals surface area contributed by atoms with Crippen LogP contribution < -0.4 is 5.32 Å². The van der Waals surface area contributed by atoms with Gasteiger partial charge in [-0.2, -0.15) is 0 Å². The number of amidine groups is 1. The molecule has 1 heterocycles. The first-order valence-corrected chi connectivity index (χ1v) is 6.61. The molecule has 2 rings (SSSR count). The molecule has 3 heteroatoms. The second-order valence-corrected chi connectivity index (χ2v) is 5.98. The Balaban J connectivity index is 1.79. The normalized spacial score (nSPS) is 36.9. The van der Waals surface area contributed by atoms with Crippen LogP contribution >= 0.6 is 11.8 Å².